The quantitative estimate of drug-likeness (QED) is 0.488. The number of aromatic nitrogens is 1. The van der Waals surface area contributed by atoms with E-state index in [0.29, 0.717) is 24.4 Å². The van der Waals surface area contributed by atoms with Crippen molar-refractivity contribution in [1.82, 2.24) is 4.98 Å². The van der Waals surface area contributed by atoms with Gasteiger partial charge in [-0.2, -0.15) is 9.55 Å². The van der Waals surface area contributed by atoms with E-state index in [2.05, 4.69) is 16.5 Å². The molecule has 1 aliphatic rings. The molecule has 0 bridgehead atoms. The predicted molar refractivity (Wildman–Crippen MR) is 112 cm³/mol. The number of nitrogens with one attached hydrogen (secondary N) is 1. The van der Waals surface area contributed by atoms with Crippen LogP contribution in [0.1, 0.15) is 37.1 Å². The van der Waals surface area contributed by atoms with Crippen molar-refractivity contribution in [2.75, 3.05) is 5.48 Å². The lowest BCUT2D eigenvalue weighted by atomic mass is 10.1. The van der Waals surface area contributed by atoms with Crippen molar-refractivity contribution in [2.24, 2.45) is 0 Å². The van der Waals surface area contributed by atoms with Gasteiger partial charge in [0, 0.05) is 16.9 Å². The SMILES string of the molecule is CCC(O)c1cccc(NOSc2ccc(C3=CC=C(C#N)CC=C3)cc2)n1. The van der Waals surface area contributed by atoms with E-state index in [-0.39, 0.29) is 0 Å². The van der Waals surface area contributed by atoms with Gasteiger partial charge in [0.15, 0.2) is 5.82 Å². The molecule has 142 valence electrons. The van der Waals surface area contributed by atoms with Crippen LogP contribution >= 0.6 is 12.0 Å². The Kier molecular flexibility index (Phi) is 7.04. The van der Waals surface area contributed by atoms with Crippen molar-refractivity contribution >= 4 is 23.4 Å². The van der Waals surface area contributed by atoms with E-state index in [1.54, 1.807) is 12.1 Å². The average Bonchev–Trinajstić information content (AvgIpc) is 2.99. The van der Waals surface area contributed by atoms with Gasteiger partial charge in [0.2, 0.25) is 0 Å². The monoisotopic (exact) mass is 391 g/mol. The number of pyridine rings is 1. The first-order valence-corrected chi connectivity index (χ1v) is 9.76. The molecule has 2 N–H and O–H groups in total. The van der Waals surface area contributed by atoms with Gasteiger partial charge in [-0.3, -0.25) is 0 Å². The maximum atomic E-state index is 9.87. The van der Waals surface area contributed by atoms with Crippen molar-refractivity contribution < 1.29 is 9.39 Å². The number of rotatable bonds is 7. The molecule has 1 aromatic carbocycles. The minimum absolute atomic E-state index is 0.544. The maximum Gasteiger partial charge on any atom is 0.151 e. The number of benzene rings is 1. The van der Waals surface area contributed by atoms with Gasteiger partial charge in [0.05, 0.1) is 29.9 Å². The van der Waals surface area contributed by atoms with Gasteiger partial charge in [-0.05, 0) is 47.9 Å². The molecule has 1 heterocycles. The average molecular weight is 391 g/mol. The Morgan fingerprint density at radius 3 is 2.82 bits per heavy atom. The van der Waals surface area contributed by atoms with Crippen LogP contribution in [0.5, 0.6) is 0 Å². The third kappa shape index (κ3) is 5.33. The topological polar surface area (TPSA) is 78.2 Å². The second kappa shape index (κ2) is 9.90. The van der Waals surface area contributed by atoms with Crippen molar-refractivity contribution in [3.8, 4) is 6.07 Å². The molecule has 0 aliphatic heterocycles. The Morgan fingerprint density at radius 2 is 2.07 bits per heavy atom. The number of nitriles is 1. The molecule has 0 saturated carbocycles. The molecular formula is C22H21N3O2S. The summed E-state index contributed by atoms with van der Waals surface area (Å²) >= 11 is 1.19. The third-order valence-corrected chi connectivity index (χ3v) is 4.84. The Labute approximate surface area is 169 Å². The van der Waals surface area contributed by atoms with Crippen LogP contribution < -0.4 is 5.48 Å². The lowest BCUT2D eigenvalue weighted by Gasteiger charge is -2.10. The van der Waals surface area contributed by atoms with Crippen LogP contribution in [0.2, 0.25) is 0 Å². The zero-order chi connectivity index (χ0) is 19.8. The van der Waals surface area contributed by atoms with Crippen LogP contribution in [0.4, 0.5) is 5.82 Å². The number of aliphatic hydroxyl groups is 1. The van der Waals surface area contributed by atoms with Gasteiger partial charge < -0.3 is 5.11 Å². The summed E-state index contributed by atoms with van der Waals surface area (Å²) in [6.45, 7) is 1.90. The number of hydrogen-bond donors (Lipinski definition) is 2. The van der Waals surface area contributed by atoms with Crippen molar-refractivity contribution in [3.05, 3.63) is 83.6 Å². The molecule has 0 spiro atoms. The Morgan fingerprint density at radius 1 is 1.25 bits per heavy atom. The summed E-state index contributed by atoms with van der Waals surface area (Å²) in [5, 5.41) is 18.9. The smallest absolute Gasteiger partial charge is 0.151 e. The summed E-state index contributed by atoms with van der Waals surface area (Å²) in [4.78, 5) is 5.27. The fourth-order valence-corrected chi connectivity index (χ4v) is 3.09. The van der Waals surface area contributed by atoms with E-state index in [4.69, 9.17) is 9.55 Å². The maximum absolute atomic E-state index is 9.87. The lowest BCUT2D eigenvalue weighted by molar-refractivity contribution is 0.169. The number of anilines is 1. The van der Waals surface area contributed by atoms with Gasteiger partial charge in [0.25, 0.3) is 0 Å². The minimum Gasteiger partial charge on any atom is -0.387 e. The molecule has 3 rings (SSSR count). The minimum atomic E-state index is -0.576. The molecule has 1 aliphatic carbocycles. The van der Waals surface area contributed by atoms with Crippen molar-refractivity contribution in [3.63, 3.8) is 0 Å². The summed E-state index contributed by atoms with van der Waals surface area (Å²) in [7, 11) is 0. The van der Waals surface area contributed by atoms with Gasteiger partial charge in [-0.15, -0.1) is 0 Å². The van der Waals surface area contributed by atoms with E-state index in [0.717, 1.165) is 21.6 Å². The summed E-state index contributed by atoms with van der Waals surface area (Å²) < 4.78 is 5.46. The molecular weight excluding hydrogens is 370 g/mol. The lowest BCUT2D eigenvalue weighted by Crippen LogP contribution is -2.03. The van der Waals surface area contributed by atoms with E-state index >= 15 is 0 Å². The highest BCUT2D eigenvalue weighted by Gasteiger charge is 2.07. The van der Waals surface area contributed by atoms with Crippen LogP contribution in [0.3, 0.4) is 0 Å². The number of hydrogen-bond acceptors (Lipinski definition) is 6. The molecule has 0 fully saturated rings. The molecule has 2 aromatic rings. The highest BCUT2D eigenvalue weighted by Crippen LogP contribution is 2.25. The van der Waals surface area contributed by atoms with Crippen LogP contribution in [-0.2, 0) is 4.28 Å². The second-order valence-electron chi connectivity index (χ2n) is 6.20. The molecule has 5 nitrogen and oxygen atoms in total. The van der Waals surface area contributed by atoms with E-state index in [1.165, 1.54) is 12.0 Å². The molecule has 28 heavy (non-hydrogen) atoms. The van der Waals surface area contributed by atoms with E-state index in [9.17, 15) is 5.11 Å². The van der Waals surface area contributed by atoms with Crippen LogP contribution in [0.15, 0.2) is 77.2 Å². The van der Waals surface area contributed by atoms with Gasteiger partial charge in [0.1, 0.15) is 0 Å². The second-order valence-corrected chi connectivity index (χ2v) is 7.00. The van der Waals surface area contributed by atoms with Gasteiger partial charge in [-0.25, -0.2) is 10.5 Å². The summed E-state index contributed by atoms with van der Waals surface area (Å²) in [6, 6.07) is 15.6. The molecule has 0 amide bonds. The normalized spacial score (nSPS) is 14.5. The molecule has 1 unspecified atom stereocenters. The van der Waals surface area contributed by atoms with Crippen LogP contribution in [-0.4, -0.2) is 10.1 Å². The van der Waals surface area contributed by atoms with Gasteiger partial charge >= 0.3 is 0 Å². The summed E-state index contributed by atoms with van der Waals surface area (Å²) in [5.74, 6) is 0.544. The largest absolute Gasteiger partial charge is 0.387 e. The Bertz CT molecular complexity index is 943. The van der Waals surface area contributed by atoms with Gasteiger partial charge in [-0.1, -0.05) is 43.4 Å². The fourth-order valence-electron chi connectivity index (χ4n) is 2.62. The summed E-state index contributed by atoms with van der Waals surface area (Å²) in [6.07, 6.45) is 8.55. The van der Waals surface area contributed by atoms with E-state index < -0.39 is 6.10 Å². The molecule has 1 atom stereocenters. The zero-order valence-corrected chi connectivity index (χ0v) is 16.3. The Balaban J connectivity index is 1.58. The predicted octanol–water partition coefficient (Wildman–Crippen LogP) is 5.37. The summed E-state index contributed by atoms with van der Waals surface area (Å²) in [5.41, 5.74) is 6.30. The van der Waals surface area contributed by atoms with E-state index in [1.807, 2.05) is 61.6 Å². The molecule has 0 radical (unpaired) electrons. The highest BCUT2D eigenvalue weighted by molar-refractivity contribution is 7.94. The first-order chi connectivity index (χ1) is 13.7. The van der Waals surface area contributed by atoms with Crippen molar-refractivity contribution in [1.29, 1.82) is 5.26 Å². The molecule has 6 heteroatoms. The highest BCUT2D eigenvalue weighted by atomic mass is 32.2. The first kappa shape index (κ1) is 19.9. The molecule has 1 aromatic heterocycles. The van der Waals surface area contributed by atoms with Crippen molar-refractivity contribution in [2.45, 2.75) is 30.8 Å². The first-order valence-electron chi connectivity index (χ1n) is 9.02. The Hall–Kier alpha value is -2.85. The number of nitrogens with zero attached hydrogens (tertiary/aromatic N) is 2. The number of aliphatic hydroxyl groups excluding tert-OH is 1. The van der Waals surface area contributed by atoms with Crippen LogP contribution in [0.25, 0.3) is 5.57 Å². The fraction of sp³-hybridized carbons (Fsp3) is 0.182. The third-order valence-electron chi connectivity index (χ3n) is 4.21. The zero-order valence-electron chi connectivity index (χ0n) is 15.5. The number of allylic oxidation sites excluding steroid dienone is 6. The van der Waals surface area contributed by atoms with Crippen LogP contribution in [0, 0.1) is 11.3 Å². The standard InChI is InChI=1S/C22H21N3O2S/c1-2-21(26)20-7-4-8-22(24-20)25-27-28-19-13-11-18(12-14-19)17-6-3-5-16(15-23)9-10-17/h3-4,6-14,21,26H,2,5H2,1H3,(H,24,25). The molecule has 0 saturated heterocycles.